The Labute approximate surface area is 92.1 Å². The summed E-state index contributed by atoms with van der Waals surface area (Å²) in [6.45, 7) is 2.08. The van der Waals surface area contributed by atoms with Crippen LogP contribution in [0.15, 0.2) is 18.2 Å². The molecule has 1 aliphatic rings. The Morgan fingerprint density at radius 2 is 1.93 bits per heavy atom. The molecule has 2 nitrogen and oxygen atoms in total. The van der Waals surface area contributed by atoms with Crippen LogP contribution in [0.3, 0.4) is 0 Å². The van der Waals surface area contributed by atoms with E-state index in [-0.39, 0.29) is 0 Å². The molecule has 1 saturated carbocycles. The van der Waals surface area contributed by atoms with Gasteiger partial charge in [-0.25, -0.2) is 0 Å². The number of hydrogen-bond donors (Lipinski definition) is 1. The Morgan fingerprint density at radius 3 is 2.53 bits per heavy atom. The molecule has 0 atom stereocenters. The van der Waals surface area contributed by atoms with Crippen LogP contribution in [0.4, 0.5) is 11.4 Å². The summed E-state index contributed by atoms with van der Waals surface area (Å²) in [5.41, 5.74) is 9.38. The first-order valence-corrected chi connectivity index (χ1v) is 5.77. The highest BCUT2D eigenvalue weighted by Crippen LogP contribution is 2.30. The highest BCUT2D eigenvalue weighted by atomic mass is 15.1. The summed E-state index contributed by atoms with van der Waals surface area (Å²) in [4.78, 5) is 2.35. The average Bonchev–Trinajstić information content (AvgIpc) is 2.69. The van der Waals surface area contributed by atoms with Crippen molar-refractivity contribution < 1.29 is 0 Å². The van der Waals surface area contributed by atoms with Gasteiger partial charge in [0, 0.05) is 13.1 Å². The zero-order valence-electron chi connectivity index (χ0n) is 9.66. The van der Waals surface area contributed by atoms with E-state index in [0.29, 0.717) is 6.04 Å². The number of hydrogen-bond acceptors (Lipinski definition) is 2. The van der Waals surface area contributed by atoms with E-state index in [2.05, 4.69) is 37.1 Å². The van der Waals surface area contributed by atoms with Gasteiger partial charge in [-0.05, 0) is 37.5 Å². The van der Waals surface area contributed by atoms with Crippen LogP contribution in [0.25, 0.3) is 0 Å². The zero-order valence-corrected chi connectivity index (χ0v) is 9.66. The highest BCUT2D eigenvalue weighted by Gasteiger charge is 2.20. The van der Waals surface area contributed by atoms with Crippen molar-refractivity contribution in [2.24, 2.45) is 0 Å². The van der Waals surface area contributed by atoms with Gasteiger partial charge in [0.1, 0.15) is 0 Å². The lowest BCUT2D eigenvalue weighted by Gasteiger charge is -2.27. The second kappa shape index (κ2) is 4.13. The maximum absolute atomic E-state index is 6.05. The van der Waals surface area contributed by atoms with E-state index in [1.54, 1.807) is 0 Å². The summed E-state index contributed by atoms with van der Waals surface area (Å²) in [6.07, 6.45) is 5.34. The lowest BCUT2D eigenvalue weighted by Crippen LogP contribution is -2.29. The topological polar surface area (TPSA) is 29.3 Å². The summed E-state index contributed by atoms with van der Waals surface area (Å²) in [5, 5.41) is 0. The number of nitrogens with zero attached hydrogens (tertiary/aromatic N) is 1. The van der Waals surface area contributed by atoms with E-state index < -0.39 is 0 Å². The van der Waals surface area contributed by atoms with Crippen LogP contribution in [0.5, 0.6) is 0 Å². The second-order valence-electron chi connectivity index (χ2n) is 4.61. The fraction of sp³-hybridized carbons (Fsp3) is 0.538. The SMILES string of the molecule is Cc1ccc(N(C)C2CCCC2)c(N)c1. The molecule has 0 radical (unpaired) electrons. The van der Waals surface area contributed by atoms with Crippen molar-refractivity contribution >= 4 is 11.4 Å². The quantitative estimate of drug-likeness (QED) is 0.750. The van der Waals surface area contributed by atoms with E-state index in [1.807, 2.05) is 0 Å². The Kier molecular flexibility index (Phi) is 2.85. The standard InChI is InChI=1S/C13H20N2/c1-10-7-8-13(12(14)9-10)15(2)11-5-3-4-6-11/h7-9,11H,3-6,14H2,1-2H3. The number of anilines is 2. The minimum Gasteiger partial charge on any atom is -0.397 e. The maximum atomic E-state index is 6.05. The molecule has 0 aromatic heterocycles. The van der Waals surface area contributed by atoms with E-state index in [0.717, 1.165) is 5.69 Å². The van der Waals surface area contributed by atoms with Crippen molar-refractivity contribution in [3.8, 4) is 0 Å². The Hall–Kier alpha value is -1.18. The van der Waals surface area contributed by atoms with Crippen molar-refractivity contribution in [2.75, 3.05) is 17.7 Å². The molecular weight excluding hydrogens is 184 g/mol. The molecule has 15 heavy (non-hydrogen) atoms. The maximum Gasteiger partial charge on any atom is 0.0600 e. The van der Waals surface area contributed by atoms with Gasteiger partial charge in [-0.1, -0.05) is 18.9 Å². The second-order valence-corrected chi connectivity index (χ2v) is 4.61. The smallest absolute Gasteiger partial charge is 0.0600 e. The molecule has 0 unspecified atom stereocenters. The van der Waals surface area contributed by atoms with Crippen LogP contribution in [-0.4, -0.2) is 13.1 Å². The van der Waals surface area contributed by atoms with Crippen molar-refractivity contribution in [1.29, 1.82) is 0 Å². The molecule has 0 spiro atoms. The summed E-state index contributed by atoms with van der Waals surface area (Å²) >= 11 is 0. The fourth-order valence-electron chi connectivity index (χ4n) is 2.48. The molecule has 0 saturated heterocycles. The van der Waals surface area contributed by atoms with Crippen molar-refractivity contribution in [1.82, 2.24) is 0 Å². The lowest BCUT2D eigenvalue weighted by molar-refractivity contribution is 0.654. The van der Waals surface area contributed by atoms with Crippen molar-refractivity contribution in [3.63, 3.8) is 0 Å². The normalized spacial score (nSPS) is 16.9. The van der Waals surface area contributed by atoms with Crippen LogP contribution in [0.1, 0.15) is 31.2 Å². The van der Waals surface area contributed by atoms with E-state index in [4.69, 9.17) is 5.73 Å². The minimum atomic E-state index is 0.690. The van der Waals surface area contributed by atoms with Gasteiger partial charge in [0.2, 0.25) is 0 Å². The first kappa shape index (κ1) is 10.3. The summed E-state index contributed by atoms with van der Waals surface area (Å²) < 4.78 is 0. The number of nitrogens with two attached hydrogens (primary N) is 1. The summed E-state index contributed by atoms with van der Waals surface area (Å²) in [5.74, 6) is 0. The Balaban J connectivity index is 2.20. The van der Waals surface area contributed by atoms with Crippen molar-refractivity contribution in [3.05, 3.63) is 23.8 Å². The van der Waals surface area contributed by atoms with Gasteiger partial charge < -0.3 is 10.6 Å². The number of rotatable bonds is 2. The molecule has 82 valence electrons. The molecular formula is C13H20N2. The van der Waals surface area contributed by atoms with Gasteiger partial charge in [-0.2, -0.15) is 0 Å². The third-order valence-electron chi connectivity index (χ3n) is 3.44. The highest BCUT2D eigenvalue weighted by molar-refractivity contribution is 5.68. The van der Waals surface area contributed by atoms with Gasteiger partial charge in [-0.3, -0.25) is 0 Å². The molecule has 0 aliphatic heterocycles. The molecule has 0 bridgehead atoms. The summed E-state index contributed by atoms with van der Waals surface area (Å²) in [7, 11) is 2.16. The summed E-state index contributed by atoms with van der Waals surface area (Å²) in [6, 6.07) is 7.02. The first-order valence-electron chi connectivity index (χ1n) is 5.77. The van der Waals surface area contributed by atoms with Crippen molar-refractivity contribution in [2.45, 2.75) is 38.6 Å². The first-order chi connectivity index (χ1) is 7.18. The number of nitrogen functional groups attached to an aromatic ring is 1. The third kappa shape index (κ3) is 2.09. The number of benzene rings is 1. The van der Waals surface area contributed by atoms with E-state index in [9.17, 15) is 0 Å². The van der Waals surface area contributed by atoms with Crippen LogP contribution in [-0.2, 0) is 0 Å². The van der Waals surface area contributed by atoms with E-state index in [1.165, 1.54) is 36.9 Å². The van der Waals surface area contributed by atoms with Crippen LogP contribution in [0.2, 0.25) is 0 Å². The molecule has 0 amide bonds. The molecule has 1 aromatic carbocycles. The predicted octanol–water partition coefficient (Wildman–Crippen LogP) is 2.96. The lowest BCUT2D eigenvalue weighted by atomic mass is 10.1. The Morgan fingerprint density at radius 1 is 1.27 bits per heavy atom. The molecule has 0 heterocycles. The van der Waals surface area contributed by atoms with E-state index >= 15 is 0 Å². The number of aryl methyl sites for hydroxylation is 1. The van der Waals surface area contributed by atoms with Crippen LogP contribution >= 0.6 is 0 Å². The molecule has 1 aliphatic carbocycles. The van der Waals surface area contributed by atoms with Crippen LogP contribution in [0, 0.1) is 6.92 Å². The predicted molar refractivity (Wildman–Crippen MR) is 66.3 cm³/mol. The van der Waals surface area contributed by atoms with Crippen LogP contribution < -0.4 is 10.6 Å². The monoisotopic (exact) mass is 204 g/mol. The average molecular weight is 204 g/mol. The minimum absolute atomic E-state index is 0.690. The largest absolute Gasteiger partial charge is 0.397 e. The molecule has 2 heteroatoms. The molecule has 1 aromatic rings. The van der Waals surface area contributed by atoms with Gasteiger partial charge in [0.25, 0.3) is 0 Å². The van der Waals surface area contributed by atoms with Gasteiger partial charge in [0.05, 0.1) is 11.4 Å². The molecule has 2 rings (SSSR count). The molecule has 2 N–H and O–H groups in total. The zero-order chi connectivity index (χ0) is 10.8. The third-order valence-corrected chi connectivity index (χ3v) is 3.44. The molecule has 1 fully saturated rings. The van der Waals surface area contributed by atoms with Gasteiger partial charge in [-0.15, -0.1) is 0 Å². The van der Waals surface area contributed by atoms with Gasteiger partial charge >= 0.3 is 0 Å². The van der Waals surface area contributed by atoms with Gasteiger partial charge in [0.15, 0.2) is 0 Å². The fourth-order valence-corrected chi connectivity index (χ4v) is 2.48. The Bertz CT molecular complexity index is 340.